The molecule has 0 aliphatic rings. The Balaban J connectivity index is 3.25. The van der Waals surface area contributed by atoms with Crippen molar-refractivity contribution in [2.24, 2.45) is 5.18 Å². The molecule has 0 saturated heterocycles. The van der Waals surface area contributed by atoms with Crippen molar-refractivity contribution < 1.29 is 14.3 Å². The molecule has 0 saturated carbocycles. The van der Waals surface area contributed by atoms with Gasteiger partial charge < -0.3 is 9.52 Å². The summed E-state index contributed by atoms with van der Waals surface area (Å²) in [4.78, 5) is 19.8. The molecule has 0 spiro atoms. The Morgan fingerprint density at radius 3 is 2.80 bits per heavy atom. The van der Waals surface area contributed by atoms with Gasteiger partial charge in [0.05, 0.1) is 0 Å². The van der Waals surface area contributed by atoms with Gasteiger partial charge >= 0.3 is 0 Å². The van der Waals surface area contributed by atoms with Crippen molar-refractivity contribution in [3.05, 3.63) is 16.7 Å². The summed E-state index contributed by atoms with van der Waals surface area (Å²) in [5.41, 5.74) is -0.213. The summed E-state index contributed by atoms with van der Waals surface area (Å²) in [6.07, 6.45) is 1.18. The SMILES string of the molecule is O=Cc1c(O)coc1N=O. The van der Waals surface area contributed by atoms with Crippen LogP contribution in [0.3, 0.4) is 0 Å². The molecule has 0 radical (unpaired) electrons. The molecule has 1 aromatic rings. The van der Waals surface area contributed by atoms with Crippen LogP contribution in [0.15, 0.2) is 15.9 Å². The Labute approximate surface area is 55.2 Å². The molecule has 1 rings (SSSR count). The van der Waals surface area contributed by atoms with Crippen molar-refractivity contribution in [2.75, 3.05) is 0 Å². The molecule has 0 aliphatic carbocycles. The highest BCUT2D eigenvalue weighted by Crippen LogP contribution is 2.27. The molecule has 5 nitrogen and oxygen atoms in total. The Kier molecular flexibility index (Phi) is 1.49. The maximum absolute atomic E-state index is 10.0. The predicted molar refractivity (Wildman–Crippen MR) is 31.2 cm³/mol. The first-order valence-electron chi connectivity index (χ1n) is 2.38. The van der Waals surface area contributed by atoms with Crippen LogP contribution < -0.4 is 0 Å². The third-order valence-corrected chi connectivity index (χ3v) is 0.989. The van der Waals surface area contributed by atoms with E-state index in [4.69, 9.17) is 5.11 Å². The van der Waals surface area contributed by atoms with E-state index in [-0.39, 0.29) is 11.3 Å². The molecule has 1 aromatic heterocycles. The van der Waals surface area contributed by atoms with Crippen LogP contribution in [0.1, 0.15) is 10.4 Å². The number of nitrogens with zero attached hydrogens (tertiary/aromatic N) is 1. The fourth-order valence-electron chi connectivity index (χ4n) is 0.530. The molecular weight excluding hydrogens is 138 g/mol. The highest BCUT2D eigenvalue weighted by Gasteiger charge is 2.11. The van der Waals surface area contributed by atoms with Crippen molar-refractivity contribution in [1.82, 2.24) is 0 Å². The lowest BCUT2D eigenvalue weighted by atomic mass is 10.3. The first-order valence-corrected chi connectivity index (χ1v) is 2.38. The summed E-state index contributed by atoms with van der Waals surface area (Å²) in [6, 6.07) is 0. The average Bonchev–Trinajstić information content (AvgIpc) is 2.30. The second-order valence-electron chi connectivity index (χ2n) is 1.55. The standard InChI is InChI=1S/C5H3NO4/c7-1-3-4(8)2-10-5(3)6-9/h1-2,8H. The van der Waals surface area contributed by atoms with Gasteiger partial charge in [-0.25, -0.2) is 0 Å². The van der Waals surface area contributed by atoms with Crippen LogP contribution in [0.25, 0.3) is 0 Å². The summed E-state index contributed by atoms with van der Waals surface area (Å²) < 4.78 is 4.38. The van der Waals surface area contributed by atoms with Gasteiger partial charge in [-0.15, -0.1) is 4.91 Å². The lowest BCUT2D eigenvalue weighted by molar-refractivity contribution is 0.112. The van der Waals surface area contributed by atoms with Gasteiger partial charge in [-0.1, -0.05) is 0 Å². The average molecular weight is 141 g/mol. The van der Waals surface area contributed by atoms with E-state index in [0.717, 1.165) is 6.26 Å². The third kappa shape index (κ3) is 0.771. The van der Waals surface area contributed by atoms with Crippen LogP contribution in [0.5, 0.6) is 5.75 Å². The van der Waals surface area contributed by atoms with E-state index < -0.39 is 5.88 Å². The molecule has 0 amide bonds. The number of hydrogen-bond donors (Lipinski definition) is 1. The number of aromatic hydroxyl groups is 1. The van der Waals surface area contributed by atoms with Crippen LogP contribution in [-0.4, -0.2) is 11.4 Å². The monoisotopic (exact) mass is 141 g/mol. The summed E-state index contributed by atoms with van der Waals surface area (Å²) in [7, 11) is 0. The van der Waals surface area contributed by atoms with Crippen molar-refractivity contribution in [2.45, 2.75) is 0 Å². The van der Waals surface area contributed by atoms with Crippen LogP contribution in [0, 0.1) is 4.91 Å². The van der Waals surface area contributed by atoms with E-state index in [9.17, 15) is 9.70 Å². The molecule has 5 heteroatoms. The van der Waals surface area contributed by atoms with Gasteiger partial charge in [0, 0.05) is 5.18 Å². The van der Waals surface area contributed by atoms with Crippen molar-refractivity contribution in [3.8, 4) is 5.75 Å². The third-order valence-electron chi connectivity index (χ3n) is 0.989. The summed E-state index contributed by atoms with van der Waals surface area (Å²) in [5.74, 6) is -0.767. The quantitative estimate of drug-likeness (QED) is 0.495. The lowest BCUT2D eigenvalue weighted by Crippen LogP contribution is -1.72. The predicted octanol–water partition coefficient (Wildman–Crippen LogP) is 1.20. The molecule has 0 unspecified atom stereocenters. The minimum absolute atomic E-state index is 0.213. The van der Waals surface area contributed by atoms with Crippen LogP contribution in [0.2, 0.25) is 0 Å². The molecule has 1 heterocycles. The Hall–Kier alpha value is -1.65. The van der Waals surface area contributed by atoms with Gasteiger partial charge in [0.25, 0.3) is 5.88 Å². The molecule has 0 fully saturated rings. The van der Waals surface area contributed by atoms with E-state index in [1.807, 2.05) is 0 Å². The fourth-order valence-corrected chi connectivity index (χ4v) is 0.530. The summed E-state index contributed by atoms with van der Waals surface area (Å²) in [5, 5.41) is 11.1. The lowest BCUT2D eigenvalue weighted by Gasteiger charge is -1.80. The first-order chi connectivity index (χ1) is 4.79. The van der Waals surface area contributed by atoms with Gasteiger partial charge in [-0.05, 0) is 0 Å². The van der Waals surface area contributed by atoms with Crippen molar-refractivity contribution >= 4 is 12.2 Å². The van der Waals surface area contributed by atoms with Gasteiger partial charge in [0.2, 0.25) is 0 Å². The summed E-state index contributed by atoms with van der Waals surface area (Å²) in [6.45, 7) is 0. The largest absolute Gasteiger partial charge is 0.504 e. The molecule has 10 heavy (non-hydrogen) atoms. The number of carbonyl (C=O) groups excluding carboxylic acids is 1. The zero-order valence-corrected chi connectivity index (χ0v) is 4.77. The topological polar surface area (TPSA) is 79.9 Å². The second-order valence-corrected chi connectivity index (χ2v) is 1.55. The fraction of sp³-hybridized carbons (Fsp3) is 0. The van der Waals surface area contributed by atoms with Crippen molar-refractivity contribution in [3.63, 3.8) is 0 Å². The Morgan fingerprint density at radius 1 is 1.70 bits per heavy atom. The van der Waals surface area contributed by atoms with E-state index in [0.29, 0.717) is 6.29 Å². The minimum Gasteiger partial charge on any atom is -0.504 e. The molecule has 52 valence electrons. The van der Waals surface area contributed by atoms with E-state index in [2.05, 4.69) is 9.59 Å². The van der Waals surface area contributed by atoms with E-state index in [1.165, 1.54) is 0 Å². The Morgan fingerprint density at radius 2 is 2.40 bits per heavy atom. The van der Waals surface area contributed by atoms with Gasteiger partial charge in [-0.2, -0.15) is 0 Å². The zero-order chi connectivity index (χ0) is 7.56. The van der Waals surface area contributed by atoms with Crippen molar-refractivity contribution in [1.29, 1.82) is 0 Å². The summed E-state index contributed by atoms with van der Waals surface area (Å²) >= 11 is 0. The van der Waals surface area contributed by atoms with E-state index in [1.54, 1.807) is 0 Å². The molecule has 0 aromatic carbocycles. The van der Waals surface area contributed by atoms with Gasteiger partial charge in [0.15, 0.2) is 12.0 Å². The molecule has 0 atom stereocenters. The number of carbonyl (C=O) groups is 1. The van der Waals surface area contributed by atoms with Gasteiger partial charge in [0.1, 0.15) is 11.8 Å². The number of nitroso groups, excluding NO2 is 1. The normalized spacial score (nSPS) is 9.20. The van der Waals surface area contributed by atoms with E-state index >= 15 is 0 Å². The molecule has 0 aliphatic heterocycles. The molecule has 1 N–H and O–H groups in total. The van der Waals surface area contributed by atoms with Crippen LogP contribution in [-0.2, 0) is 0 Å². The number of hydrogen-bond acceptors (Lipinski definition) is 5. The smallest absolute Gasteiger partial charge is 0.275 e. The van der Waals surface area contributed by atoms with Crippen LogP contribution in [0.4, 0.5) is 5.88 Å². The van der Waals surface area contributed by atoms with Gasteiger partial charge in [-0.3, -0.25) is 4.79 Å². The Bertz CT molecular complexity index is 265. The van der Waals surface area contributed by atoms with Crippen LogP contribution >= 0.6 is 0 Å². The zero-order valence-electron chi connectivity index (χ0n) is 4.77. The maximum atomic E-state index is 10.0. The first kappa shape index (κ1) is 6.47. The second kappa shape index (κ2) is 2.30. The highest BCUT2D eigenvalue weighted by molar-refractivity contribution is 5.84. The number of rotatable bonds is 2. The molecule has 0 bridgehead atoms. The molecular formula is C5H3NO4. The minimum atomic E-state index is -0.396. The highest BCUT2D eigenvalue weighted by atomic mass is 16.4. The number of furan rings is 1. The maximum Gasteiger partial charge on any atom is 0.275 e. The number of aldehydes is 1.